The number of aromatic nitrogens is 3. The molecule has 0 aromatic carbocycles. The first-order valence-electron chi connectivity index (χ1n) is 10.3. The maximum Gasteiger partial charge on any atom is 0.341 e. The summed E-state index contributed by atoms with van der Waals surface area (Å²) in [5.74, 6) is -2.09. The number of fused-ring (bicyclic) bond motifs is 1. The average molecular weight is 515 g/mol. The first kappa shape index (κ1) is 26.1. The number of thiophene rings is 1. The largest absolute Gasteiger partial charge is 0.462 e. The highest BCUT2D eigenvalue weighted by atomic mass is 32.1. The summed E-state index contributed by atoms with van der Waals surface area (Å²) in [5.41, 5.74) is -2.28. The van der Waals surface area contributed by atoms with Crippen LogP contribution in [0.4, 0.5) is 22.6 Å². The Morgan fingerprint density at radius 2 is 1.86 bits per heavy atom. The van der Waals surface area contributed by atoms with E-state index in [0.717, 1.165) is 17.4 Å². The van der Waals surface area contributed by atoms with Gasteiger partial charge in [0.1, 0.15) is 16.4 Å². The van der Waals surface area contributed by atoms with E-state index in [1.54, 1.807) is 6.92 Å². The van der Waals surface area contributed by atoms with Gasteiger partial charge in [0.2, 0.25) is 0 Å². The van der Waals surface area contributed by atoms with E-state index in [1.807, 2.05) is 0 Å². The molecule has 0 aliphatic heterocycles. The van der Waals surface area contributed by atoms with Crippen LogP contribution in [0.5, 0.6) is 0 Å². The Morgan fingerprint density at radius 1 is 1.17 bits per heavy atom. The normalized spacial score (nSPS) is 11.4. The molecular weight excluding hydrogens is 494 g/mol. The molecule has 3 aromatic heterocycles. The molecule has 0 unspecified atom stereocenters. The van der Waals surface area contributed by atoms with Gasteiger partial charge >= 0.3 is 5.97 Å². The van der Waals surface area contributed by atoms with Gasteiger partial charge in [-0.1, -0.05) is 6.92 Å². The minimum absolute atomic E-state index is 0.00818. The number of alkyl halides is 4. The molecule has 3 aromatic rings. The lowest BCUT2D eigenvalue weighted by Gasteiger charge is -2.09. The van der Waals surface area contributed by atoms with Gasteiger partial charge in [-0.15, -0.1) is 11.3 Å². The van der Waals surface area contributed by atoms with Crippen molar-refractivity contribution in [2.24, 2.45) is 0 Å². The molecule has 1 N–H and O–H groups in total. The number of amides is 2. The predicted molar refractivity (Wildman–Crippen MR) is 119 cm³/mol. The maximum atomic E-state index is 13.4. The number of nitrogens with zero attached hydrogens (tertiary/aromatic N) is 4. The zero-order valence-corrected chi connectivity index (χ0v) is 19.9. The number of ether oxygens (including phenoxy) is 1. The lowest BCUT2D eigenvalue weighted by molar-refractivity contribution is 0.0506. The molecule has 3 heterocycles. The third kappa shape index (κ3) is 5.26. The minimum Gasteiger partial charge on any atom is -0.462 e. The molecule has 0 saturated carbocycles. The fraction of sp³-hybridized carbons (Fsp3) is 0.381. The van der Waals surface area contributed by atoms with E-state index in [4.69, 9.17) is 4.74 Å². The minimum atomic E-state index is -3.16. The van der Waals surface area contributed by atoms with Crippen molar-refractivity contribution < 1.29 is 36.7 Å². The van der Waals surface area contributed by atoms with Crippen molar-refractivity contribution in [2.45, 2.75) is 33.1 Å². The number of halogens is 4. The van der Waals surface area contributed by atoms with Crippen molar-refractivity contribution in [3.8, 4) is 0 Å². The Morgan fingerprint density at radius 3 is 2.43 bits per heavy atom. The van der Waals surface area contributed by atoms with Crippen LogP contribution >= 0.6 is 11.3 Å². The smallest absolute Gasteiger partial charge is 0.341 e. The van der Waals surface area contributed by atoms with Gasteiger partial charge in [-0.3, -0.25) is 9.59 Å². The molecule has 35 heavy (non-hydrogen) atoms. The Balaban J connectivity index is 2.04. The number of anilines is 1. The van der Waals surface area contributed by atoms with E-state index < -0.39 is 47.7 Å². The highest BCUT2D eigenvalue weighted by Gasteiger charge is 2.29. The summed E-state index contributed by atoms with van der Waals surface area (Å²) in [4.78, 5) is 43.2. The van der Waals surface area contributed by atoms with Crippen molar-refractivity contribution >= 4 is 39.8 Å². The van der Waals surface area contributed by atoms with Crippen LogP contribution in [-0.2, 0) is 4.74 Å². The van der Waals surface area contributed by atoms with Gasteiger partial charge in [-0.2, -0.15) is 5.10 Å². The first-order chi connectivity index (χ1) is 16.5. The molecule has 0 saturated heterocycles. The zero-order chi connectivity index (χ0) is 26.0. The first-order valence-corrected chi connectivity index (χ1v) is 11.1. The molecule has 0 radical (unpaired) electrons. The molecule has 14 heteroatoms. The number of hydrogen-bond donors (Lipinski definition) is 1. The van der Waals surface area contributed by atoms with Crippen LogP contribution in [0.1, 0.15) is 73.7 Å². The Labute approximate surface area is 200 Å². The topological polar surface area (TPSA) is 106 Å². The van der Waals surface area contributed by atoms with Gasteiger partial charge in [0, 0.05) is 20.2 Å². The van der Waals surface area contributed by atoms with Crippen molar-refractivity contribution in [1.82, 2.24) is 19.5 Å². The van der Waals surface area contributed by atoms with E-state index in [0.29, 0.717) is 22.6 Å². The summed E-state index contributed by atoms with van der Waals surface area (Å²) in [6, 6.07) is 1.48. The van der Waals surface area contributed by atoms with Gasteiger partial charge in [-0.25, -0.2) is 31.9 Å². The van der Waals surface area contributed by atoms with Crippen molar-refractivity contribution in [1.29, 1.82) is 0 Å². The fourth-order valence-corrected chi connectivity index (χ4v) is 4.30. The van der Waals surface area contributed by atoms with Crippen molar-refractivity contribution in [3.05, 3.63) is 45.2 Å². The molecule has 0 fully saturated rings. The summed E-state index contributed by atoms with van der Waals surface area (Å²) < 4.78 is 58.7. The van der Waals surface area contributed by atoms with E-state index in [2.05, 4.69) is 15.4 Å². The second-order valence-electron chi connectivity index (χ2n) is 7.56. The predicted octanol–water partition coefficient (Wildman–Crippen LogP) is 4.50. The van der Waals surface area contributed by atoms with E-state index in [9.17, 15) is 31.9 Å². The summed E-state index contributed by atoms with van der Waals surface area (Å²) in [7, 11) is 3.04. The van der Waals surface area contributed by atoms with Crippen LogP contribution in [0.2, 0.25) is 0 Å². The van der Waals surface area contributed by atoms with E-state index in [-0.39, 0.29) is 27.7 Å². The van der Waals surface area contributed by atoms with Crippen molar-refractivity contribution in [2.75, 3.05) is 26.0 Å². The van der Waals surface area contributed by atoms with Gasteiger partial charge in [0.25, 0.3) is 24.7 Å². The Kier molecular flexibility index (Phi) is 7.73. The van der Waals surface area contributed by atoms with Crippen LogP contribution in [-0.4, -0.2) is 58.0 Å². The number of carbonyl (C=O) groups excluding carboxylic acids is 3. The molecule has 9 nitrogen and oxygen atoms in total. The van der Waals surface area contributed by atoms with Crippen LogP contribution in [0.25, 0.3) is 5.65 Å². The highest BCUT2D eigenvalue weighted by molar-refractivity contribution is 7.18. The molecule has 2 amide bonds. The Hall–Kier alpha value is -3.55. The van der Waals surface area contributed by atoms with E-state index in [1.165, 1.54) is 25.9 Å². The molecule has 188 valence electrons. The second kappa shape index (κ2) is 10.4. The molecular formula is C21H21F4N5O4S. The quantitative estimate of drug-likeness (QED) is 0.350. The number of rotatable bonds is 8. The van der Waals surface area contributed by atoms with Gasteiger partial charge < -0.3 is 15.0 Å². The molecule has 0 bridgehead atoms. The SMILES string of the molecule is CCCOC(=O)c1c(NC(=O)c2cc3nc(C(F)F)cc(C(F)F)n3n2)sc(C(=O)N(C)C)c1C. The van der Waals surface area contributed by atoms with Crippen LogP contribution in [0.15, 0.2) is 12.1 Å². The maximum absolute atomic E-state index is 13.4. The van der Waals surface area contributed by atoms with Crippen molar-refractivity contribution in [3.63, 3.8) is 0 Å². The standard InChI is InChI=1S/C21H21F4N5O4S/c1-5-6-34-21(33)14-9(2)15(20(32)29(3)4)35-19(14)27-18(31)11-8-13-26-10(16(22)23)7-12(17(24)25)30(13)28-11/h7-8,16-17H,5-6H2,1-4H3,(H,27,31). The number of esters is 1. The number of carbonyl (C=O) groups is 3. The van der Waals surface area contributed by atoms with Crippen LogP contribution in [0.3, 0.4) is 0 Å². The summed E-state index contributed by atoms with van der Waals surface area (Å²) in [5, 5.41) is 6.22. The number of nitrogens with one attached hydrogen (secondary N) is 1. The lowest BCUT2D eigenvalue weighted by atomic mass is 10.1. The van der Waals surface area contributed by atoms with Crippen LogP contribution < -0.4 is 5.32 Å². The fourth-order valence-electron chi connectivity index (χ4n) is 3.08. The molecule has 0 spiro atoms. The number of hydrogen-bond acceptors (Lipinski definition) is 7. The third-order valence-electron chi connectivity index (χ3n) is 4.77. The monoisotopic (exact) mass is 515 g/mol. The average Bonchev–Trinajstić information content (AvgIpc) is 3.37. The van der Waals surface area contributed by atoms with E-state index >= 15 is 0 Å². The van der Waals surface area contributed by atoms with Gasteiger partial charge in [0.05, 0.1) is 17.0 Å². The molecule has 3 rings (SSSR count). The highest BCUT2D eigenvalue weighted by Crippen LogP contribution is 2.35. The summed E-state index contributed by atoms with van der Waals surface area (Å²) in [6.45, 7) is 3.43. The lowest BCUT2D eigenvalue weighted by Crippen LogP contribution is -2.21. The molecule has 0 atom stereocenters. The summed E-state index contributed by atoms with van der Waals surface area (Å²) >= 11 is 0.835. The summed E-state index contributed by atoms with van der Waals surface area (Å²) in [6.07, 6.45) is -5.72. The van der Waals surface area contributed by atoms with Crippen LogP contribution in [0, 0.1) is 6.92 Å². The Bertz CT molecular complexity index is 1290. The van der Waals surface area contributed by atoms with Gasteiger partial charge in [0.15, 0.2) is 11.3 Å². The molecule has 0 aliphatic rings. The second-order valence-corrected chi connectivity index (χ2v) is 8.58. The zero-order valence-electron chi connectivity index (χ0n) is 19.1. The molecule has 0 aliphatic carbocycles. The third-order valence-corrected chi connectivity index (χ3v) is 5.97. The van der Waals surface area contributed by atoms with Gasteiger partial charge in [-0.05, 0) is 25.0 Å².